The smallest absolute Gasteiger partial charge is 0.148 e. The van der Waals surface area contributed by atoms with Crippen molar-refractivity contribution in [2.24, 2.45) is 11.5 Å². The van der Waals surface area contributed by atoms with Crippen molar-refractivity contribution in [3.63, 3.8) is 0 Å². The fourth-order valence-corrected chi connectivity index (χ4v) is 1.62. The molecule has 0 heterocycles. The van der Waals surface area contributed by atoms with E-state index in [1.165, 1.54) is 0 Å². The third-order valence-corrected chi connectivity index (χ3v) is 2.64. The largest absolute Gasteiger partial charge is 0.496 e. The van der Waals surface area contributed by atoms with Crippen LogP contribution in [0.5, 0.6) is 11.5 Å². The maximum absolute atomic E-state index is 5.75. The van der Waals surface area contributed by atoms with Crippen LogP contribution in [0.4, 0.5) is 5.69 Å². The Morgan fingerprint density at radius 3 is 2.53 bits per heavy atom. The van der Waals surface area contributed by atoms with Crippen LogP contribution in [0, 0.1) is 6.92 Å². The van der Waals surface area contributed by atoms with Crippen LogP contribution in [0.15, 0.2) is 12.1 Å². The Balaban J connectivity index is 2.88. The minimum atomic E-state index is -0.0675. The Bertz CT molecular complexity index is 369. The molecule has 0 amide bonds. The van der Waals surface area contributed by atoms with Crippen LogP contribution in [0.1, 0.15) is 5.56 Å². The van der Waals surface area contributed by atoms with Gasteiger partial charge in [0.15, 0.2) is 0 Å². The number of anilines is 1. The molecule has 0 fully saturated rings. The highest BCUT2D eigenvalue weighted by Gasteiger charge is 2.11. The second kappa shape index (κ2) is 6.32. The number of rotatable bonds is 6. The fourth-order valence-electron chi connectivity index (χ4n) is 1.62. The molecule has 5 heteroatoms. The molecule has 0 aliphatic carbocycles. The first-order chi connectivity index (χ1) is 8.13. The lowest BCUT2D eigenvalue weighted by atomic mass is 10.1. The third-order valence-electron chi connectivity index (χ3n) is 2.64. The van der Waals surface area contributed by atoms with Crippen molar-refractivity contribution in [2.75, 3.05) is 32.6 Å². The highest BCUT2D eigenvalue weighted by atomic mass is 16.5. The van der Waals surface area contributed by atoms with Gasteiger partial charge in [0.2, 0.25) is 0 Å². The molecule has 0 bridgehead atoms. The lowest BCUT2D eigenvalue weighted by Gasteiger charge is -2.17. The van der Waals surface area contributed by atoms with Crippen LogP contribution in [0.3, 0.4) is 0 Å². The molecule has 1 rings (SSSR count). The Labute approximate surface area is 102 Å². The maximum atomic E-state index is 5.75. The number of hydrogen-bond acceptors (Lipinski definition) is 5. The van der Waals surface area contributed by atoms with E-state index < -0.39 is 0 Å². The predicted molar refractivity (Wildman–Crippen MR) is 69.8 cm³/mol. The van der Waals surface area contributed by atoms with Crippen LogP contribution < -0.4 is 26.3 Å². The minimum absolute atomic E-state index is 0.0675. The molecule has 0 spiro atoms. The zero-order valence-electron chi connectivity index (χ0n) is 10.6. The lowest BCUT2D eigenvalue weighted by Crippen LogP contribution is -2.36. The molecule has 1 aromatic rings. The summed E-state index contributed by atoms with van der Waals surface area (Å²) in [5, 5.41) is 3.22. The number of methoxy groups -OCH3 is 2. The summed E-state index contributed by atoms with van der Waals surface area (Å²) in [7, 11) is 3.27. The summed E-state index contributed by atoms with van der Waals surface area (Å²) < 4.78 is 10.6. The molecule has 0 aromatic heterocycles. The lowest BCUT2D eigenvalue weighted by molar-refractivity contribution is 0.390. The van der Waals surface area contributed by atoms with E-state index in [9.17, 15) is 0 Å². The van der Waals surface area contributed by atoms with E-state index >= 15 is 0 Å². The predicted octanol–water partition coefficient (Wildman–Crippen LogP) is 0.710. The summed E-state index contributed by atoms with van der Waals surface area (Å²) >= 11 is 0. The molecule has 0 saturated carbocycles. The molecule has 0 saturated heterocycles. The molecular formula is C12H21N3O2. The molecule has 1 aromatic carbocycles. The average Bonchev–Trinajstić information content (AvgIpc) is 2.35. The first kappa shape index (κ1) is 13.6. The highest BCUT2D eigenvalue weighted by molar-refractivity contribution is 5.64. The Morgan fingerprint density at radius 1 is 1.29 bits per heavy atom. The normalized spacial score (nSPS) is 12.1. The molecule has 96 valence electrons. The van der Waals surface area contributed by atoms with Crippen molar-refractivity contribution in [3.05, 3.63) is 17.7 Å². The maximum Gasteiger partial charge on any atom is 0.148 e. The summed E-state index contributed by atoms with van der Waals surface area (Å²) in [6.07, 6.45) is 0. The van der Waals surface area contributed by atoms with E-state index in [2.05, 4.69) is 5.32 Å². The van der Waals surface area contributed by atoms with Gasteiger partial charge in [-0.2, -0.15) is 0 Å². The molecule has 17 heavy (non-hydrogen) atoms. The summed E-state index contributed by atoms with van der Waals surface area (Å²) in [6.45, 7) is 3.01. The zero-order valence-corrected chi connectivity index (χ0v) is 10.6. The second-order valence-electron chi connectivity index (χ2n) is 3.85. The topological polar surface area (TPSA) is 82.5 Å². The monoisotopic (exact) mass is 239 g/mol. The van der Waals surface area contributed by atoms with Gasteiger partial charge in [-0.3, -0.25) is 0 Å². The first-order valence-corrected chi connectivity index (χ1v) is 5.55. The number of nitrogens with one attached hydrogen (secondary N) is 1. The zero-order chi connectivity index (χ0) is 12.8. The van der Waals surface area contributed by atoms with Crippen LogP contribution in [-0.4, -0.2) is 33.4 Å². The van der Waals surface area contributed by atoms with Gasteiger partial charge in [-0.25, -0.2) is 0 Å². The second-order valence-corrected chi connectivity index (χ2v) is 3.85. The van der Waals surface area contributed by atoms with Gasteiger partial charge in [0, 0.05) is 24.7 Å². The van der Waals surface area contributed by atoms with Crippen molar-refractivity contribution >= 4 is 5.69 Å². The molecule has 0 aliphatic heterocycles. The van der Waals surface area contributed by atoms with E-state index in [1.54, 1.807) is 14.2 Å². The molecular weight excluding hydrogens is 218 g/mol. The molecule has 0 radical (unpaired) electrons. The van der Waals surface area contributed by atoms with Crippen LogP contribution in [-0.2, 0) is 0 Å². The molecule has 5 N–H and O–H groups in total. The Kier molecular flexibility index (Phi) is 5.06. The fraction of sp³-hybridized carbons (Fsp3) is 0.500. The summed E-state index contributed by atoms with van der Waals surface area (Å²) in [4.78, 5) is 0. The van der Waals surface area contributed by atoms with Crippen LogP contribution >= 0.6 is 0 Å². The first-order valence-electron chi connectivity index (χ1n) is 5.55. The standard InChI is InChI=1S/C12H21N3O2/c1-8-11(16-2)5-4-10(12(8)17-3)15-7-9(14)6-13/h4-5,9,15H,6-7,13-14H2,1-3H3. The van der Waals surface area contributed by atoms with Crippen LogP contribution in [0.2, 0.25) is 0 Å². The minimum Gasteiger partial charge on any atom is -0.496 e. The van der Waals surface area contributed by atoms with E-state index in [1.807, 2.05) is 19.1 Å². The van der Waals surface area contributed by atoms with Gasteiger partial charge in [-0.1, -0.05) is 0 Å². The summed E-state index contributed by atoms with van der Waals surface area (Å²) in [6, 6.07) is 3.74. The van der Waals surface area contributed by atoms with Crippen molar-refractivity contribution in [1.82, 2.24) is 0 Å². The Morgan fingerprint density at radius 2 is 2.00 bits per heavy atom. The molecule has 5 nitrogen and oxygen atoms in total. The number of hydrogen-bond donors (Lipinski definition) is 3. The SMILES string of the molecule is COc1ccc(NCC(N)CN)c(OC)c1C. The van der Waals surface area contributed by atoms with E-state index in [0.717, 1.165) is 22.7 Å². The Hall–Kier alpha value is -1.46. The van der Waals surface area contributed by atoms with Gasteiger partial charge in [0.05, 0.1) is 19.9 Å². The molecule has 0 aliphatic rings. The number of nitrogens with two attached hydrogens (primary N) is 2. The highest BCUT2D eigenvalue weighted by Crippen LogP contribution is 2.34. The summed E-state index contributed by atoms with van der Waals surface area (Å²) in [5.74, 6) is 1.57. The van der Waals surface area contributed by atoms with Crippen LogP contribution in [0.25, 0.3) is 0 Å². The van der Waals surface area contributed by atoms with E-state index in [-0.39, 0.29) is 6.04 Å². The van der Waals surface area contributed by atoms with Gasteiger partial charge in [0.1, 0.15) is 11.5 Å². The van der Waals surface area contributed by atoms with Crippen molar-refractivity contribution < 1.29 is 9.47 Å². The van der Waals surface area contributed by atoms with Gasteiger partial charge < -0.3 is 26.3 Å². The van der Waals surface area contributed by atoms with Gasteiger partial charge in [0.25, 0.3) is 0 Å². The van der Waals surface area contributed by atoms with E-state index in [4.69, 9.17) is 20.9 Å². The van der Waals surface area contributed by atoms with Gasteiger partial charge in [-0.15, -0.1) is 0 Å². The molecule has 1 atom stereocenters. The third kappa shape index (κ3) is 3.25. The molecule has 1 unspecified atom stereocenters. The van der Waals surface area contributed by atoms with Crippen molar-refractivity contribution in [3.8, 4) is 11.5 Å². The number of ether oxygens (including phenoxy) is 2. The number of benzene rings is 1. The van der Waals surface area contributed by atoms with Crippen molar-refractivity contribution in [2.45, 2.75) is 13.0 Å². The van der Waals surface area contributed by atoms with Gasteiger partial charge >= 0.3 is 0 Å². The quantitative estimate of drug-likeness (QED) is 0.681. The summed E-state index contributed by atoms with van der Waals surface area (Å²) in [5.41, 5.74) is 13.1. The van der Waals surface area contributed by atoms with E-state index in [0.29, 0.717) is 13.1 Å². The average molecular weight is 239 g/mol. The van der Waals surface area contributed by atoms with Gasteiger partial charge in [-0.05, 0) is 19.1 Å². The van der Waals surface area contributed by atoms with Crippen molar-refractivity contribution in [1.29, 1.82) is 0 Å².